The van der Waals surface area contributed by atoms with Gasteiger partial charge in [0.05, 0.1) is 28.3 Å². The molecule has 1 aliphatic rings. The number of ether oxygens (including phenoxy) is 2. The second-order valence-electron chi connectivity index (χ2n) is 5.46. The zero-order valence-corrected chi connectivity index (χ0v) is 15.8. The third-order valence-electron chi connectivity index (χ3n) is 3.91. The number of amides is 1. The molecule has 0 N–H and O–H groups in total. The number of methoxy groups -OCH3 is 2. The number of carbonyl (C=O) groups is 2. The molecular formula is C18H19Cl2NO4. The van der Waals surface area contributed by atoms with Crippen molar-refractivity contribution in [2.45, 2.75) is 13.3 Å². The number of carbonyl (C=O) groups excluding carboxylic acids is 2. The second kappa shape index (κ2) is 8.52. The normalized spacial score (nSPS) is 16.1. The maximum Gasteiger partial charge on any atom is 0.340 e. The van der Waals surface area contributed by atoms with Crippen molar-refractivity contribution in [2.24, 2.45) is 0 Å². The van der Waals surface area contributed by atoms with Crippen LogP contribution in [0.1, 0.15) is 18.9 Å². The summed E-state index contributed by atoms with van der Waals surface area (Å²) in [7, 11) is 2.88. The minimum Gasteiger partial charge on any atom is -0.465 e. The van der Waals surface area contributed by atoms with E-state index in [2.05, 4.69) is 0 Å². The lowest BCUT2D eigenvalue weighted by atomic mass is 10.0. The molecule has 7 heteroatoms. The Morgan fingerprint density at radius 3 is 2.64 bits per heavy atom. The summed E-state index contributed by atoms with van der Waals surface area (Å²) in [6.45, 7) is 2.68. The molecule has 0 saturated carbocycles. The Bertz CT molecular complexity index is 755. The quantitative estimate of drug-likeness (QED) is 0.426. The van der Waals surface area contributed by atoms with Crippen LogP contribution in [0.4, 0.5) is 0 Å². The molecular weight excluding hydrogens is 365 g/mol. The molecule has 0 unspecified atom stereocenters. The van der Waals surface area contributed by atoms with Crippen LogP contribution in [0.2, 0.25) is 10.0 Å². The minimum atomic E-state index is -0.565. The molecule has 0 spiro atoms. The first kappa shape index (κ1) is 19.5. The van der Waals surface area contributed by atoms with Crippen molar-refractivity contribution >= 4 is 41.2 Å². The second-order valence-corrected chi connectivity index (χ2v) is 6.24. The molecule has 1 aliphatic heterocycles. The van der Waals surface area contributed by atoms with Gasteiger partial charge in [-0.15, -0.1) is 0 Å². The molecule has 1 aromatic carbocycles. The molecule has 134 valence electrons. The molecule has 1 aromatic rings. The van der Waals surface area contributed by atoms with E-state index in [0.29, 0.717) is 40.9 Å². The van der Waals surface area contributed by atoms with Crippen LogP contribution in [0.15, 0.2) is 35.0 Å². The van der Waals surface area contributed by atoms with Gasteiger partial charge in [0.15, 0.2) is 0 Å². The fourth-order valence-electron chi connectivity index (χ4n) is 2.65. The lowest BCUT2D eigenvalue weighted by Crippen LogP contribution is -2.26. The van der Waals surface area contributed by atoms with Gasteiger partial charge in [0.1, 0.15) is 0 Å². The van der Waals surface area contributed by atoms with Crippen LogP contribution >= 0.6 is 23.2 Å². The number of allylic oxidation sites excluding steroid dienone is 1. The standard InChI is InChI=1S/C18H19Cl2NO4/c1-11-15(18(23)25-3)13(17(22)21(11)8-5-9-24-2)10-12-6-4-7-14(19)16(12)20/h4,6-7,10H,5,8-9H2,1-3H3/b13-10-. The molecule has 0 saturated heterocycles. The van der Waals surface area contributed by atoms with Gasteiger partial charge in [-0.2, -0.15) is 0 Å². The number of esters is 1. The van der Waals surface area contributed by atoms with E-state index in [1.54, 1.807) is 43.2 Å². The molecule has 0 atom stereocenters. The molecule has 1 amide bonds. The van der Waals surface area contributed by atoms with Crippen LogP contribution in [-0.4, -0.2) is 44.1 Å². The highest BCUT2D eigenvalue weighted by Gasteiger charge is 2.36. The monoisotopic (exact) mass is 383 g/mol. The van der Waals surface area contributed by atoms with Gasteiger partial charge in [0, 0.05) is 26.0 Å². The zero-order chi connectivity index (χ0) is 18.6. The smallest absolute Gasteiger partial charge is 0.340 e. The van der Waals surface area contributed by atoms with E-state index < -0.39 is 5.97 Å². The van der Waals surface area contributed by atoms with E-state index in [9.17, 15) is 9.59 Å². The zero-order valence-electron chi connectivity index (χ0n) is 14.3. The molecule has 5 nitrogen and oxygen atoms in total. The number of nitrogens with zero attached hydrogens (tertiary/aromatic N) is 1. The predicted octanol–water partition coefficient (Wildman–Crippen LogP) is 3.70. The van der Waals surface area contributed by atoms with E-state index in [1.807, 2.05) is 0 Å². The third kappa shape index (κ3) is 4.06. The SMILES string of the molecule is COCCCN1C(=O)/C(=C\c2cccc(Cl)c2Cl)C(C(=O)OC)=C1C. The number of benzene rings is 1. The van der Waals surface area contributed by atoms with Crippen LogP contribution in [0.5, 0.6) is 0 Å². The third-order valence-corrected chi connectivity index (χ3v) is 4.75. The van der Waals surface area contributed by atoms with Crippen LogP contribution in [-0.2, 0) is 19.1 Å². The molecule has 25 heavy (non-hydrogen) atoms. The summed E-state index contributed by atoms with van der Waals surface area (Å²) < 4.78 is 9.88. The van der Waals surface area contributed by atoms with Crippen LogP contribution in [0, 0.1) is 0 Å². The Kier molecular flexibility index (Phi) is 6.64. The average molecular weight is 384 g/mol. The van der Waals surface area contributed by atoms with Gasteiger partial charge in [-0.05, 0) is 31.1 Å². The largest absolute Gasteiger partial charge is 0.465 e. The van der Waals surface area contributed by atoms with E-state index in [-0.39, 0.29) is 17.1 Å². The van der Waals surface area contributed by atoms with Gasteiger partial charge in [0.25, 0.3) is 5.91 Å². The first-order chi connectivity index (χ1) is 11.9. The van der Waals surface area contributed by atoms with Gasteiger partial charge in [-0.3, -0.25) is 4.79 Å². The summed E-state index contributed by atoms with van der Waals surface area (Å²) in [5, 5.41) is 0.697. The molecule has 1 heterocycles. The Morgan fingerprint density at radius 1 is 1.28 bits per heavy atom. The maximum absolute atomic E-state index is 12.8. The predicted molar refractivity (Wildman–Crippen MR) is 97.4 cm³/mol. The summed E-state index contributed by atoms with van der Waals surface area (Å²) in [5.74, 6) is -0.838. The Hall–Kier alpha value is -1.82. The molecule has 0 bridgehead atoms. The van der Waals surface area contributed by atoms with Crippen molar-refractivity contribution in [3.63, 3.8) is 0 Å². The summed E-state index contributed by atoms with van der Waals surface area (Å²) in [4.78, 5) is 26.6. The van der Waals surface area contributed by atoms with E-state index in [0.717, 1.165) is 0 Å². The summed E-state index contributed by atoms with van der Waals surface area (Å²) in [5.41, 5.74) is 1.59. The van der Waals surface area contributed by atoms with Gasteiger partial charge in [-0.1, -0.05) is 35.3 Å². The Morgan fingerprint density at radius 2 is 2.00 bits per heavy atom. The lowest BCUT2D eigenvalue weighted by molar-refractivity contribution is -0.136. The van der Waals surface area contributed by atoms with Crippen LogP contribution in [0.3, 0.4) is 0 Å². The molecule has 0 fully saturated rings. The average Bonchev–Trinajstić information content (AvgIpc) is 2.82. The lowest BCUT2D eigenvalue weighted by Gasteiger charge is -2.17. The van der Waals surface area contributed by atoms with Crippen molar-refractivity contribution in [3.05, 3.63) is 50.7 Å². The molecule has 2 rings (SSSR count). The highest BCUT2D eigenvalue weighted by atomic mass is 35.5. The first-order valence-corrected chi connectivity index (χ1v) is 8.44. The highest BCUT2D eigenvalue weighted by molar-refractivity contribution is 6.43. The van der Waals surface area contributed by atoms with E-state index in [4.69, 9.17) is 32.7 Å². The molecule has 0 aromatic heterocycles. The first-order valence-electron chi connectivity index (χ1n) is 7.68. The van der Waals surface area contributed by atoms with Crippen molar-refractivity contribution < 1.29 is 19.1 Å². The van der Waals surface area contributed by atoms with Crippen molar-refractivity contribution in [3.8, 4) is 0 Å². The maximum atomic E-state index is 12.8. The Balaban J connectivity index is 2.47. The van der Waals surface area contributed by atoms with Crippen molar-refractivity contribution in [1.29, 1.82) is 0 Å². The van der Waals surface area contributed by atoms with Gasteiger partial charge in [0.2, 0.25) is 0 Å². The number of hydrogen-bond acceptors (Lipinski definition) is 4. The fourth-order valence-corrected chi connectivity index (χ4v) is 3.01. The van der Waals surface area contributed by atoms with Crippen molar-refractivity contribution in [2.75, 3.05) is 27.4 Å². The van der Waals surface area contributed by atoms with Crippen LogP contribution < -0.4 is 0 Å². The number of halogens is 2. The molecule has 0 radical (unpaired) electrons. The topological polar surface area (TPSA) is 55.8 Å². The summed E-state index contributed by atoms with van der Waals surface area (Å²) in [6.07, 6.45) is 2.22. The van der Waals surface area contributed by atoms with Gasteiger partial charge >= 0.3 is 5.97 Å². The number of rotatable bonds is 6. The minimum absolute atomic E-state index is 0.237. The van der Waals surface area contributed by atoms with Crippen LogP contribution in [0.25, 0.3) is 6.08 Å². The summed E-state index contributed by atoms with van der Waals surface area (Å²) in [6, 6.07) is 5.11. The molecule has 0 aliphatic carbocycles. The van der Waals surface area contributed by atoms with Gasteiger partial charge in [-0.25, -0.2) is 4.79 Å². The highest BCUT2D eigenvalue weighted by Crippen LogP contribution is 2.34. The fraction of sp³-hybridized carbons (Fsp3) is 0.333. The Labute approximate surface area is 156 Å². The van der Waals surface area contributed by atoms with E-state index >= 15 is 0 Å². The van der Waals surface area contributed by atoms with Gasteiger partial charge < -0.3 is 14.4 Å². The summed E-state index contributed by atoms with van der Waals surface area (Å²) >= 11 is 12.2. The van der Waals surface area contributed by atoms with Crippen molar-refractivity contribution in [1.82, 2.24) is 4.90 Å². The number of hydrogen-bond donors (Lipinski definition) is 0. The van der Waals surface area contributed by atoms with E-state index in [1.165, 1.54) is 7.11 Å².